The molecule has 1 aliphatic rings. The number of nitrogen functional groups attached to an aromatic ring is 1. The first-order chi connectivity index (χ1) is 13.1. The number of hydrogen-bond donors (Lipinski definition) is 4. The van der Waals surface area contributed by atoms with Gasteiger partial charge in [0.05, 0.1) is 0 Å². The van der Waals surface area contributed by atoms with Gasteiger partial charge in [-0.05, 0) is 74.2 Å². The molecule has 0 aliphatic carbocycles. The van der Waals surface area contributed by atoms with Gasteiger partial charge in [0.1, 0.15) is 11.6 Å². The van der Waals surface area contributed by atoms with E-state index in [2.05, 4.69) is 33.9 Å². The van der Waals surface area contributed by atoms with Gasteiger partial charge in [-0.3, -0.25) is 0 Å². The van der Waals surface area contributed by atoms with Gasteiger partial charge in [-0.25, -0.2) is 9.37 Å². The van der Waals surface area contributed by atoms with Crippen LogP contribution < -0.4 is 21.7 Å². The third-order valence-corrected chi connectivity index (χ3v) is 5.04. The van der Waals surface area contributed by atoms with Crippen LogP contribution in [-0.2, 0) is 12.8 Å². The molecule has 154 valence electrons. The lowest BCUT2D eigenvalue weighted by atomic mass is 9.97. The molecule has 0 amide bonds. The zero-order valence-corrected chi connectivity index (χ0v) is 17.2. The van der Waals surface area contributed by atoms with Crippen molar-refractivity contribution in [1.29, 1.82) is 0 Å². The number of aryl methyl sites for hydroxylation is 1. The molecular formula is C21H31ClFN5. The highest BCUT2D eigenvalue weighted by Gasteiger charge is 2.26. The fourth-order valence-electron chi connectivity index (χ4n) is 3.72. The Balaban J connectivity index is 0.00000280. The molecule has 2 atom stereocenters. The summed E-state index contributed by atoms with van der Waals surface area (Å²) < 4.78 is 13.2. The number of anilines is 1. The van der Waals surface area contributed by atoms with Crippen molar-refractivity contribution >= 4 is 18.2 Å². The Hall–Kier alpha value is -1.73. The summed E-state index contributed by atoms with van der Waals surface area (Å²) in [5.41, 5.74) is 9.14. The van der Waals surface area contributed by atoms with Crippen LogP contribution in [0.2, 0.25) is 0 Å². The number of pyridine rings is 1. The van der Waals surface area contributed by atoms with Crippen LogP contribution in [0.25, 0.3) is 0 Å². The van der Waals surface area contributed by atoms with E-state index >= 15 is 0 Å². The van der Waals surface area contributed by atoms with E-state index < -0.39 is 0 Å². The fourth-order valence-corrected chi connectivity index (χ4v) is 3.72. The van der Waals surface area contributed by atoms with Crippen LogP contribution in [0.4, 0.5) is 10.2 Å². The van der Waals surface area contributed by atoms with Crippen molar-refractivity contribution in [3.8, 4) is 0 Å². The molecule has 0 unspecified atom stereocenters. The van der Waals surface area contributed by atoms with E-state index in [4.69, 9.17) is 5.73 Å². The maximum absolute atomic E-state index is 13.2. The fraction of sp³-hybridized carbons (Fsp3) is 0.476. The van der Waals surface area contributed by atoms with Crippen LogP contribution in [0.3, 0.4) is 0 Å². The molecule has 0 saturated carbocycles. The van der Waals surface area contributed by atoms with E-state index in [1.165, 1.54) is 6.07 Å². The molecule has 3 rings (SSSR count). The molecule has 0 spiro atoms. The van der Waals surface area contributed by atoms with Gasteiger partial charge in [-0.1, -0.05) is 12.1 Å². The van der Waals surface area contributed by atoms with Crippen molar-refractivity contribution in [3.05, 3.63) is 59.0 Å². The summed E-state index contributed by atoms with van der Waals surface area (Å²) in [4.78, 5) is 4.47. The highest BCUT2D eigenvalue weighted by Crippen LogP contribution is 2.17. The molecule has 1 aromatic carbocycles. The molecule has 0 radical (unpaired) electrons. The van der Waals surface area contributed by atoms with E-state index in [-0.39, 0.29) is 18.2 Å². The number of nitrogens with two attached hydrogens (primary N) is 1. The highest BCUT2D eigenvalue weighted by atomic mass is 35.5. The average molecular weight is 408 g/mol. The maximum atomic E-state index is 13.2. The van der Waals surface area contributed by atoms with Crippen molar-refractivity contribution in [1.82, 2.24) is 20.9 Å². The van der Waals surface area contributed by atoms with Crippen molar-refractivity contribution in [2.45, 2.75) is 25.8 Å². The van der Waals surface area contributed by atoms with Gasteiger partial charge in [-0.2, -0.15) is 0 Å². The Morgan fingerprint density at radius 1 is 1.18 bits per heavy atom. The Bertz CT molecular complexity index is 722. The minimum Gasteiger partial charge on any atom is -0.384 e. The Labute approximate surface area is 173 Å². The molecule has 0 bridgehead atoms. The van der Waals surface area contributed by atoms with Crippen LogP contribution in [0.5, 0.6) is 0 Å². The van der Waals surface area contributed by atoms with Gasteiger partial charge < -0.3 is 21.7 Å². The van der Waals surface area contributed by atoms with Gasteiger partial charge in [0, 0.05) is 31.4 Å². The second kappa shape index (κ2) is 11.3. The Morgan fingerprint density at radius 2 is 2.04 bits per heavy atom. The molecular weight excluding hydrogens is 377 g/mol. The van der Waals surface area contributed by atoms with Crippen molar-refractivity contribution < 1.29 is 4.39 Å². The number of rotatable bonds is 9. The van der Waals surface area contributed by atoms with E-state index in [1.807, 2.05) is 12.1 Å². The molecule has 2 aromatic rings. The zero-order valence-electron chi connectivity index (χ0n) is 16.4. The molecule has 1 aromatic heterocycles. The standard InChI is InChI=1S/C21H30FN5.ClH/c1-15-9-19(27-21(23)10-15)12-17-13-25-14-20(17)26-8-7-24-6-5-16-3-2-4-18(22)11-16;/h2-4,9-11,17,20,24-26H,5-8,12-14H2,1H3,(H2,23,27);1H/t17-,20-;/m1./s1. The average Bonchev–Trinajstić information content (AvgIpc) is 3.04. The van der Waals surface area contributed by atoms with Gasteiger partial charge in [0.25, 0.3) is 0 Å². The normalized spacial score (nSPS) is 18.8. The van der Waals surface area contributed by atoms with Crippen molar-refractivity contribution in [3.63, 3.8) is 0 Å². The van der Waals surface area contributed by atoms with E-state index in [0.29, 0.717) is 17.8 Å². The predicted octanol–water partition coefficient (Wildman–Crippen LogP) is 2.09. The smallest absolute Gasteiger partial charge is 0.123 e. The van der Waals surface area contributed by atoms with E-state index in [1.54, 1.807) is 12.1 Å². The quantitative estimate of drug-likeness (QED) is 0.479. The second-order valence-corrected chi connectivity index (χ2v) is 7.37. The Morgan fingerprint density at radius 3 is 2.82 bits per heavy atom. The van der Waals surface area contributed by atoms with Crippen LogP contribution in [0.1, 0.15) is 16.8 Å². The highest BCUT2D eigenvalue weighted by molar-refractivity contribution is 5.85. The molecule has 1 aliphatic heterocycles. The number of hydrogen-bond acceptors (Lipinski definition) is 5. The van der Waals surface area contributed by atoms with Gasteiger partial charge >= 0.3 is 0 Å². The lowest BCUT2D eigenvalue weighted by molar-refractivity contribution is 0.419. The Kier molecular flexibility index (Phi) is 9.12. The maximum Gasteiger partial charge on any atom is 0.123 e. The summed E-state index contributed by atoms with van der Waals surface area (Å²) >= 11 is 0. The number of benzene rings is 1. The lowest BCUT2D eigenvalue weighted by Crippen LogP contribution is -2.40. The first kappa shape index (κ1) is 22.6. The van der Waals surface area contributed by atoms with E-state index in [9.17, 15) is 4.39 Å². The minimum absolute atomic E-state index is 0. The molecule has 7 heteroatoms. The molecule has 28 heavy (non-hydrogen) atoms. The number of halogens is 2. The summed E-state index contributed by atoms with van der Waals surface area (Å²) in [5.74, 6) is 0.952. The zero-order chi connectivity index (χ0) is 19.1. The predicted molar refractivity (Wildman–Crippen MR) is 115 cm³/mol. The summed E-state index contributed by atoms with van der Waals surface area (Å²) in [5, 5.41) is 10.5. The number of nitrogens with one attached hydrogen (secondary N) is 3. The van der Waals surface area contributed by atoms with Gasteiger partial charge in [-0.15, -0.1) is 12.4 Å². The summed E-state index contributed by atoms with van der Waals surface area (Å²) in [6.45, 7) is 6.70. The third-order valence-electron chi connectivity index (χ3n) is 5.04. The summed E-state index contributed by atoms with van der Waals surface area (Å²) in [6.07, 6.45) is 1.77. The summed E-state index contributed by atoms with van der Waals surface area (Å²) in [7, 11) is 0. The van der Waals surface area contributed by atoms with Crippen LogP contribution in [-0.4, -0.2) is 43.7 Å². The molecule has 1 saturated heterocycles. The van der Waals surface area contributed by atoms with Gasteiger partial charge in [0.15, 0.2) is 0 Å². The molecule has 2 heterocycles. The molecule has 5 N–H and O–H groups in total. The van der Waals surface area contributed by atoms with Crippen molar-refractivity contribution in [2.75, 3.05) is 38.5 Å². The largest absolute Gasteiger partial charge is 0.384 e. The first-order valence-electron chi connectivity index (χ1n) is 9.72. The second-order valence-electron chi connectivity index (χ2n) is 7.37. The van der Waals surface area contributed by atoms with Crippen LogP contribution >= 0.6 is 12.4 Å². The third kappa shape index (κ3) is 7.02. The minimum atomic E-state index is -0.168. The molecule has 5 nitrogen and oxygen atoms in total. The van der Waals surface area contributed by atoms with Gasteiger partial charge in [0.2, 0.25) is 0 Å². The van der Waals surface area contributed by atoms with Crippen LogP contribution in [0, 0.1) is 18.7 Å². The van der Waals surface area contributed by atoms with E-state index in [0.717, 1.165) is 62.4 Å². The first-order valence-corrected chi connectivity index (χ1v) is 9.72. The monoisotopic (exact) mass is 407 g/mol. The van der Waals surface area contributed by atoms with Crippen molar-refractivity contribution in [2.24, 2.45) is 5.92 Å². The SMILES string of the molecule is Cc1cc(N)nc(C[C@@H]2CNC[C@H]2NCCNCCc2cccc(F)c2)c1.Cl. The topological polar surface area (TPSA) is 75.0 Å². The summed E-state index contributed by atoms with van der Waals surface area (Å²) in [6, 6.07) is 11.3. The molecule has 1 fully saturated rings. The lowest BCUT2D eigenvalue weighted by Gasteiger charge is -2.20. The van der Waals surface area contributed by atoms with Crippen LogP contribution in [0.15, 0.2) is 36.4 Å². The number of aromatic nitrogens is 1. The number of nitrogens with zero attached hydrogens (tertiary/aromatic N) is 1.